The number of hydrogen-bond acceptors (Lipinski definition) is 7. The lowest BCUT2D eigenvalue weighted by atomic mass is 9.95. The van der Waals surface area contributed by atoms with Gasteiger partial charge in [-0.1, -0.05) is 25.9 Å². The summed E-state index contributed by atoms with van der Waals surface area (Å²) in [5.41, 5.74) is 0.744. The zero-order valence-electron chi connectivity index (χ0n) is 15.7. The lowest BCUT2D eigenvalue weighted by Gasteiger charge is -2.29. The van der Waals surface area contributed by atoms with E-state index in [0.29, 0.717) is 18.3 Å². The van der Waals surface area contributed by atoms with E-state index in [1.54, 1.807) is 0 Å². The van der Waals surface area contributed by atoms with Crippen LogP contribution in [0.25, 0.3) is 11.0 Å². The predicted molar refractivity (Wildman–Crippen MR) is 97.4 cm³/mol. The van der Waals surface area contributed by atoms with Crippen LogP contribution in [0, 0.1) is 6.92 Å². The molecule has 0 aliphatic carbocycles. The van der Waals surface area contributed by atoms with Crippen LogP contribution in [0.5, 0.6) is 0 Å². The summed E-state index contributed by atoms with van der Waals surface area (Å²) in [7, 11) is 0. The molecule has 4 rings (SSSR count). The summed E-state index contributed by atoms with van der Waals surface area (Å²) in [6.45, 7) is 11.8. The molecule has 0 atom stereocenters. The second kappa shape index (κ2) is 6.35. The minimum absolute atomic E-state index is 0.147. The molecule has 8 nitrogen and oxygen atoms in total. The van der Waals surface area contributed by atoms with E-state index in [4.69, 9.17) is 19.2 Å². The predicted octanol–water partition coefficient (Wildman–Crippen LogP) is 2.31. The first-order valence-corrected chi connectivity index (χ1v) is 8.91. The third-order valence-electron chi connectivity index (χ3n) is 4.46. The average Bonchev–Trinajstić information content (AvgIpc) is 3.21. The van der Waals surface area contributed by atoms with Crippen LogP contribution >= 0.6 is 0 Å². The molecule has 3 aromatic rings. The van der Waals surface area contributed by atoms with Crippen molar-refractivity contribution in [3.8, 4) is 0 Å². The highest BCUT2D eigenvalue weighted by Gasteiger charge is 2.24. The minimum Gasteiger partial charge on any atom is -0.378 e. The average molecular weight is 356 g/mol. The number of aromatic nitrogens is 5. The van der Waals surface area contributed by atoms with Gasteiger partial charge in [-0.15, -0.1) is 0 Å². The summed E-state index contributed by atoms with van der Waals surface area (Å²) in [6, 6.07) is 2.07. The van der Waals surface area contributed by atoms with Crippen LogP contribution < -0.4 is 4.90 Å². The molecule has 8 heteroatoms. The maximum Gasteiger partial charge on any atom is 0.246 e. The Morgan fingerprint density at radius 3 is 2.54 bits per heavy atom. The molecule has 1 aliphatic heterocycles. The molecular formula is C18H24N6O2. The summed E-state index contributed by atoms with van der Waals surface area (Å²) in [4.78, 5) is 16.4. The Morgan fingerprint density at radius 1 is 1.12 bits per heavy atom. The van der Waals surface area contributed by atoms with Crippen LogP contribution in [0.15, 0.2) is 16.8 Å². The standard InChI is InChI=1S/C18H24N6O2/c1-12-19-14(26-22-12)11-24-6-5-13-15(23-7-9-25-10-8-23)20-17(18(2,3)4)21-16(13)24/h5-6H,7-11H2,1-4H3. The van der Waals surface area contributed by atoms with Crippen molar-refractivity contribution in [1.29, 1.82) is 0 Å². The first kappa shape index (κ1) is 17.0. The molecule has 0 bridgehead atoms. The summed E-state index contributed by atoms with van der Waals surface area (Å²) in [5, 5.41) is 4.91. The number of fused-ring (bicyclic) bond motifs is 1. The second-order valence-electron chi connectivity index (χ2n) is 7.64. The van der Waals surface area contributed by atoms with Crippen molar-refractivity contribution >= 4 is 16.9 Å². The molecule has 0 radical (unpaired) electrons. The Hall–Kier alpha value is -2.48. The summed E-state index contributed by atoms with van der Waals surface area (Å²) in [6.07, 6.45) is 2.01. The van der Waals surface area contributed by atoms with Gasteiger partial charge in [-0.05, 0) is 13.0 Å². The van der Waals surface area contributed by atoms with E-state index in [1.165, 1.54) is 0 Å². The van der Waals surface area contributed by atoms with Crippen LogP contribution in [-0.2, 0) is 16.7 Å². The topological polar surface area (TPSA) is 82.1 Å². The highest BCUT2D eigenvalue weighted by molar-refractivity contribution is 5.88. The summed E-state index contributed by atoms with van der Waals surface area (Å²) < 4.78 is 12.8. The minimum atomic E-state index is -0.147. The van der Waals surface area contributed by atoms with Gasteiger partial charge in [0, 0.05) is 24.7 Å². The maximum atomic E-state index is 5.50. The maximum absolute atomic E-state index is 5.50. The third kappa shape index (κ3) is 3.16. The van der Waals surface area contributed by atoms with Gasteiger partial charge in [-0.3, -0.25) is 0 Å². The Bertz CT molecular complexity index is 918. The highest BCUT2D eigenvalue weighted by Crippen LogP contribution is 2.30. The van der Waals surface area contributed by atoms with Crippen LogP contribution in [0.1, 0.15) is 38.3 Å². The molecule has 1 saturated heterocycles. The van der Waals surface area contributed by atoms with Crippen molar-refractivity contribution in [2.24, 2.45) is 0 Å². The molecule has 0 saturated carbocycles. The lowest BCUT2D eigenvalue weighted by Crippen LogP contribution is -2.37. The van der Waals surface area contributed by atoms with E-state index in [0.717, 1.165) is 49.0 Å². The molecule has 26 heavy (non-hydrogen) atoms. The third-order valence-corrected chi connectivity index (χ3v) is 4.46. The van der Waals surface area contributed by atoms with Crippen molar-refractivity contribution in [2.45, 2.75) is 39.7 Å². The number of ether oxygens (including phenoxy) is 1. The van der Waals surface area contributed by atoms with Gasteiger partial charge in [0.15, 0.2) is 5.82 Å². The quantitative estimate of drug-likeness (QED) is 0.712. The van der Waals surface area contributed by atoms with Crippen LogP contribution in [-0.4, -0.2) is 51.0 Å². The van der Waals surface area contributed by atoms with E-state index in [2.05, 4.69) is 41.9 Å². The Labute approximate surface area is 152 Å². The van der Waals surface area contributed by atoms with E-state index in [9.17, 15) is 0 Å². The first-order valence-electron chi connectivity index (χ1n) is 8.91. The molecule has 0 amide bonds. The van der Waals surface area contributed by atoms with Gasteiger partial charge in [-0.2, -0.15) is 4.98 Å². The normalized spacial score (nSPS) is 15.8. The van der Waals surface area contributed by atoms with E-state index in [1.807, 2.05) is 17.7 Å². The molecule has 0 unspecified atom stereocenters. The van der Waals surface area contributed by atoms with Crippen molar-refractivity contribution in [3.63, 3.8) is 0 Å². The van der Waals surface area contributed by atoms with E-state index in [-0.39, 0.29) is 5.41 Å². The van der Waals surface area contributed by atoms with Gasteiger partial charge in [-0.25, -0.2) is 9.97 Å². The van der Waals surface area contributed by atoms with Crippen LogP contribution in [0.3, 0.4) is 0 Å². The van der Waals surface area contributed by atoms with E-state index >= 15 is 0 Å². The first-order chi connectivity index (χ1) is 12.4. The van der Waals surface area contributed by atoms with Crippen molar-refractivity contribution in [3.05, 3.63) is 29.8 Å². The molecule has 0 spiro atoms. The van der Waals surface area contributed by atoms with Gasteiger partial charge in [0.05, 0.1) is 18.6 Å². The van der Waals surface area contributed by atoms with Crippen molar-refractivity contribution in [2.75, 3.05) is 31.2 Å². The van der Waals surface area contributed by atoms with E-state index < -0.39 is 0 Å². The Balaban J connectivity index is 1.82. The summed E-state index contributed by atoms with van der Waals surface area (Å²) in [5.74, 6) is 3.01. The molecule has 0 aromatic carbocycles. The van der Waals surface area contributed by atoms with Gasteiger partial charge < -0.3 is 18.7 Å². The van der Waals surface area contributed by atoms with Gasteiger partial charge in [0.2, 0.25) is 5.89 Å². The summed E-state index contributed by atoms with van der Waals surface area (Å²) >= 11 is 0. The monoisotopic (exact) mass is 356 g/mol. The number of morpholine rings is 1. The second-order valence-corrected chi connectivity index (χ2v) is 7.64. The number of hydrogen-bond donors (Lipinski definition) is 0. The Morgan fingerprint density at radius 2 is 1.88 bits per heavy atom. The molecule has 138 valence electrons. The molecule has 1 fully saturated rings. The fourth-order valence-corrected chi connectivity index (χ4v) is 3.08. The lowest BCUT2D eigenvalue weighted by molar-refractivity contribution is 0.122. The van der Waals surface area contributed by atoms with Gasteiger partial charge >= 0.3 is 0 Å². The SMILES string of the molecule is Cc1noc(Cn2ccc3c(N4CCOCC4)nc(C(C)(C)C)nc32)n1. The Kier molecular flexibility index (Phi) is 4.14. The number of aryl methyl sites for hydroxylation is 1. The smallest absolute Gasteiger partial charge is 0.246 e. The number of rotatable bonds is 3. The molecule has 4 heterocycles. The molecule has 1 aliphatic rings. The van der Waals surface area contributed by atoms with Gasteiger partial charge in [0.1, 0.15) is 23.8 Å². The molecular weight excluding hydrogens is 332 g/mol. The zero-order chi connectivity index (χ0) is 18.3. The number of anilines is 1. The van der Waals surface area contributed by atoms with Gasteiger partial charge in [0.25, 0.3) is 0 Å². The van der Waals surface area contributed by atoms with Crippen LogP contribution in [0.4, 0.5) is 5.82 Å². The molecule has 3 aromatic heterocycles. The highest BCUT2D eigenvalue weighted by atomic mass is 16.5. The van der Waals surface area contributed by atoms with Crippen LogP contribution in [0.2, 0.25) is 0 Å². The number of nitrogens with zero attached hydrogens (tertiary/aromatic N) is 6. The van der Waals surface area contributed by atoms with Crippen molar-refractivity contribution < 1.29 is 9.26 Å². The zero-order valence-corrected chi connectivity index (χ0v) is 15.7. The largest absolute Gasteiger partial charge is 0.378 e. The fourth-order valence-electron chi connectivity index (χ4n) is 3.08. The molecule has 0 N–H and O–H groups in total. The fraction of sp³-hybridized carbons (Fsp3) is 0.556. The van der Waals surface area contributed by atoms with Crippen molar-refractivity contribution in [1.82, 2.24) is 24.7 Å².